The monoisotopic (exact) mass is 388 g/mol. The number of methoxy groups -OCH3 is 1. The average molecular weight is 389 g/mol. The number of ether oxygens (including phenoxy) is 2. The highest BCUT2D eigenvalue weighted by molar-refractivity contribution is 5.85. The highest BCUT2D eigenvalue weighted by atomic mass is 16.6. The third-order valence-electron chi connectivity index (χ3n) is 9.66. The topological polar surface area (TPSA) is 52.6 Å². The second-order valence-electron chi connectivity index (χ2n) is 10.9. The van der Waals surface area contributed by atoms with Crippen LogP contribution < -0.4 is 0 Å². The molecule has 0 bridgehead atoms. The molecule has 8 atom stereocenters. The number of allylic oxidation sites excluding steroid dienone is 1. The van der Waals surface area contributed by atoms with Gasteiger partial charge in [0.05, 0.1) is 18.9 Å². The molecule has 28 heavy (non-hydrogen) atoms. The van der Waals surface area contributed by atoms with Crippen molar-refractivity contribution in [2.75, 3.05) is 7.11 Å². The summed E-state index contributed by atoms with van der Waals surface area (Å²) in [4.78, 5) is 25.1. The Morgan fingerprint density at radius 3 is 2.57 bits per heavy atom. The van der Waals surface area contributed by atoms with Crippen molar-refractivity contribution in [3.05, 3.63) is 12.2 Å². The molecule has 0 aromatic carbocycles. The van der Waals surface area contributed by atoms with Crippen LogP contribution in [-0.2, 0) is 19.1 Å². The minimum atomic E-state index is -0.341. The molecule has 3 saturated carbocycles. The van der Waals surface area contributed by atoms with Gasteiger partial charge in [0, 0.05) is 5.41 Å². The Kier molecular flexibility index (Phi) is 4.52. The quantitative estimate of drug-likeness (QED) is 0.498. The second kappa shape index (κ2) is 6.34. The van der Waals surface area contributed by atoms with Gasteiger partial charge in [0.2, 0.25) is 0 Å². The van der Waals surface area contributed by atoms with Crippen molar-refractivity contribution in [2.24, 2.45) is 39.9 Å². The van der Waals surface area contributed by atoms with E-state index in [0.717, 1.165) is 25.7 Å². The Bertz CT molecular complexity index is 713. The van der Waals surface area contributed by atoms with Crippen LogP contribution in [0.25, 0.3) is 0 Å². The summed E-state index contributed by atoms with van der Waals surface area (Å²) in [5.74, 6) is -0.126. The van der Waals surface area contributed by atoms with Crippen molar-refractivity contribution in [1.82, 2.24) is 0 Å². The number of esters is 2. The molecule has 0 spiro atoms. The fourth-order valence-corrected chi connectivity index (χ4v) is 7.56. The van der Waals surface area contributed by atoms with Gasteiger partial charge in [-0.2, -0.15) is 0 Å². The predicted octanol–water partition coefficient (Wildman–Crippen LogP) is 4.92. The summed E-state index contributed by atoms with van der Waals surface area (Å²) >= 11 is 0. The van der Waals surface area contributed by atoms with Crippen LogP contribution in [0.15, 0.2) is 12.2 Å². The summed E-state index contributed by atoms with van der Waals surface area (Å²) in [5, 5.41) is 0. The first kappa shape index (κ1) is 20.0. The molecule has 4 nitrogen and oxygen atoms in total. The zero-order valence-corrected chi connectivity index (χ0v) is 18.2. The van der Waals surface area contributed by atoms with Gasteiger partial charge in [-0.1, -0.05) is 39.8 Å². The highest BCUT2D eigenvalue weighted by Crippen LogP contribution is 2.66. The number of cyclic esters (lactones) is 1. The first-order chi connectivity index (χ1) is 13.1. The molecule has 4 heteroatoms. The van der Waals surface area contributed by atoms with E-state index in [4.69, 9.17) is 9.47 Å². The van der Waals surface area contributed by atoms with Gasteiger partial charge in [0.1, 0.15) is 6.10 Å². The number of hydrogen-bond donors (Lipinski definition) is 0. The van der Waals surface area contributed by atoms with Gasteiger partial charge in [-0.05, 0) is 67.6 Å². The average Bonchev–Trinajstić information content (AvgIpc) is 2.63. The van der Waals surface area contributed by atoms with E-state index in [1.807, 2.05) is 0 Å². The summed E-state index contributed by atoms with van der Waals surface area (Å²) < 4.78 is 11.1. The van der Waals surface area contributed by atoms with Crippen LogP contribution >= 0.6 is 0 Å². The fraction of sp³-hybridized carbons (Fsp3) is 0.833. The second-order valence-corrected chi connectivity index (χ2v) is 10.9. The standard InChI is InChI=1S/C24H36O4/c1-14-8-7-9-17-23(14,4)11-10-15(2)24(17,5)18-13-22(3)12-16(20(25)27-6)19(22)21(26)28-18/h15-19H,1,7-13H2,2-6H3/t15-,16-,17+,18+,19-,22+,23+,24+/m1/s1. The Balaban J connectivity index is 1.64. The summed E-state index contributed by atoms with van der Waals surface area (Å²) in [6.07, 6.45) is 7.36. The van der Waals surface area contributed by atoms with Crippen molar-refractivity contribution >= 4 is 11.9 Å². The van der Waals surface area contributed by atoms with Crippen molar-refractivity contribution < 1.29 is 19.1 Å². The molecule has 4 aliphatic rings. The van der Waals surface area contributed by atoms with Crippen LogP contribution in [0.1, 0.15) is 72.6 Å². The van der Waals surface area contributed by atoms with Gasteiger partial charge < -0.3 is 9.47 Å². The first-order valence-electron chi connectivity index (χ1n) is 11.0. The number of hydrogen-bond acceptors (Lipinski definition) is 4. The lowest BCUT2D eigenvalue weighted by molar-refractivity contribution is -0.230. The van der Waals surface area contributed by atoms with Crippen molar-refractivity contribution in [3.63, 3.8) is 0 Å². The van der Waals surface area contributed by atoms with E-state index in [1.165, 1.54) is 31.9 Å². The maximum atomic E-state index is 13.1. The summed E-state index contributed by atoms with van der Waals surface area (Å²) in [6, 6.07) is 0. The molecule has 1 aliphatic heterocycles. The van der Waals surface area contributed by atoms with Crippen LogP contribution in [-0.4, -0.2) is 25.2 Å². The smallest absolute Gasteiger partial charge is 0.310 e. The van der Waals surface area contributed by atoms with Gasteiger partial charge in [-0.3, -0.25) is 9.59 Å². The van der Waals surface area contributed by atoms with E-state index in [2.05, 4.69) is 34.3 Å². The van der Waals surface area contributed by atoms with Crippen LogP contribution in [0.4, 0.5) is 0 Å². The largest absolute Gasteiger partial charge is 0.469 e. The van der Waals surface area contributed by atoms with Crippen LogP contribution in [0.2, 0.25) is 0 Å². The van der Waals surface area contributed by atoms with Gasteiger partial charge in [0.15, 0.2) is 0 Å². The Hall–Kier alpha value is -1.32. The lowest BCUT2D eigenvalue weighted by Gasteiger charge is -2.64. The predicted molar refractivity (Wildman–Crippen MR) is 107 cm³/mol. The molecule has 0 aromatic heterocycles. The molecule has 0 amide bonds. The molecular formula is C24H36O4. The van der Waals surface area contributed by atoms with E-state index in [-0.39, 0.29) is 46.1 Å². The van der Waals surface area contributed by atoms with Gasteiger partial charge in [0.25, 0.3) is 0 Å². The molecule has 0 aromatic rings. The van der Waals surface area contributed by atoms with E-state index in [1.54, 1.807) is 0 Å². The Morgan fingerprint density at radius 2 is 1.93 bits per heavy atom. The van der Waals surface area contributed by atoms with Gasteiger partial charge in [-0.15, -0.1) is 0 Å². The molecule has 1 heterocycles. The van der Waals surface area contributed by atoms with Crippen LogP contribution in [0.5, 0.6) is 0 Å². The first-order valence-corrected chi connectivity index (χ1v) is 11.0. The van der Waals surface area contributed by atoms with Crippen LogP contribution in [0.3, 0.4) is 0 Å². The lowest BCUT2D eigenvalue weighted by Crippen LogP contribution is -2.64. The maximum Gasteiger partial charge on any atom is 0.310 e. The minimum Gasteiger partial charge on any atom is -0.469 e. The minimum absolute atomic E-state index is 0.0453. The molecule has 4 rings (SSSR count). The molecule has 0 radical (unpaired) electrons. The van der Waals surface area contributed by atoms with E-state index < -0.39 is 0 Å². The molecule has 4 fully saturated rings. The van der Waals surface area contributed by atoms with Crippen molar-refractivity contribution in [2.45, 2.75) is 78.7 Å². The van der Waals surface area contributed by atoms with Crippen LogP contribution in [0, 0.1) is 39.9 Å². The molecule has 0 unspecified atom stereocenters. The molecule has 156 valence electrons. The molecule has 1 saturated heterocycles. The van der Waals surface area contributed by atoms with Gasteiger partial charge in [-0.25, -0.2) is 0 Å². The number of rotatable bonds is 2. The normalized spacial score (nSPS) is 50.7. The third-order valence-corrected chi connectivity index (χ3v) is 9.66. The lowest BCUT2D eigenvalue weighted by atomic mass is 9.43. The van der Waals surface area contributed by atoms with Crippen molar-refractivity contribution in [1.29, 1.82) is 0 Å². The zero-order chi connectivity index (χ0) is 20.5. The fourth-order valence-electron chi connectivity index (χ4n) is 7.56. The Morgan fingerprint density at radius 1 is 1.21 bits per heavy atom. The highest BCUT2D eigenvalue weighted by Gasteiger charge is 2.66. The third kappa shape index (κ3) is 2.48. The summed E-state index contributed by atoms with van der Waals surface area (Å²) in [5.41, 5.74) is 1.34. The number of carbonyl (C=O) groups is 2. The zero-order valence-electron chi connectivity index (χ0n) is 18.2. The summed E-state index contributed by atoms with van der Waals surface area (Å²) in [6.45, 7) is 13.7. The number of fused-ring (bicyclic) bond motifs is 2. The van der Waals surface area contributed by atoms with Gasteiger partial charge >= 0.3 is 11.9 Å². The number of carbonyl (C=O) groups excluding carboxylic acids is 2. The summed E-state index contributed by atoms with van der Waals surface area (Å²) in [7, 11) is 1.40. The maximum absolute atomic E-state index is 13.1. The Labute approximate surface area is 169 Å². The van der Waals surface area contributed by atoms with E-state index >= 15 is 0 Å². The molecule has 3 aliphatic carbocycles. The molecule has 0 N–H and O–H groups in total. The van der Waals surface area contributed by atoms with Crippen molar-refractivity contribution in [3.8, 4) is 0 Å². The van der Waals surface area contributed by atoms with E-state index in [9.17, 15) is 9.59 Å². The molecular weight excluding hydrogens is 352 g/mol. The SMILES string of the molecule is C=C1CCC[C@@H]2[C@@](C)([C@@H]3C[C@]4(C)C[C@@H](C(=O)OC)[C@@H]4C(=O)O3)[C@H](C)CC[C@@]12C. The van der Waals surface area contributed by atoms with E-state index in [0.29, 0.717) is 11.8 Å².